The Morgan fingerprint density at radius 1 is 0.368 bits per heavy atom. The molecule has 0 bridgehead atoms. The van der Waals surface area contributed by atoms with E-state index in [1.807, 2.05) is 49.3 Å². The second-order valence-electron chi connectivity index (χ2n) is 14.7. The van der Waals surface area contributed by atoms with Crippen LogP contribution in [0.1, 0.15) is 22.5 Å². The van der Waals surface area contributed by atoms with E-state index >= 15 is 0 Å². The van der Waals surface area contributed by atoms with Gasteiger partial charge in [-0.3, -0.25) is 19.9 Å². The van der Waals surface area contributed by atoms with Gasteiger partial charge < -0.3 is 9.13 Å². The highest BCUT2D eigenvalue weighted by Gasteiger charge is 2.48. The van der Waals surface area contributed by atoms with Crippen LogP contribution in [0.2, 0.25) is 0 Å². The summed E-state index contributed by atoms with van der Waals surface area (Å²) in [5, 5.41) is 4.63. The van der Waals surface area contributed by atoms with Crippen molar-refractivity contribution in [1.29, 1.82) is 0 Å². The first-order valence-corrected chi connectivity index (χ1v) is 19.2. The summed E-state index contributed by atoms with van der Waals surface area (Å²) in [5.41, 5.74) is 15.1. The van der Waals surface area contributed by atoms with Crippen molar-refractivity contribution in [3.63, 3.8) is 0 Å². The SMILES string of the molecule is c1ccc(C2(c3ccccn3)c3ccccc3-c3cc4c5ccccc5n(-c5ccc(-c6ccc(-n7c8ccncc8c8cnccc87)cc6)cc5)c4cc32)nc1. The van der Waals surface area contributed by atoms with Crippen molar-refractivity contribution in [1.82, 2.24) is 29.1 Å². The maximum atomic E-state index is 5.04. The third-order valence-electron chi connectivity index (χ3n) is 11.9. The number of aromatic nitrogens is 6. The Morgan fingerprint density at radius 3 is 1.53 bits per heavy atom. The van der Waals surface area contributed by atoms with E-state index in [1.165, 1.54) is 38.5 Å². The molecule has 0 saturated heterocycles. The second kappa shape index (κ2) is 12.2. The number of hydrogen-bond acceptors (Lipinski definition) is 4. The van der Waals surface area contributed by atoms with Gasteiger partial charge in [-0.25, -0.2) is 0 Å². The van der Waals surface area contributed by atoms with Gasteiger partial charge in [0.2, 0.25) is 0 Å². The van der Waals surface area contributed by atoms with E-state index < -0.39 is 5.41 Å². The van der Waals surface area contributed by atoms with Gasteiger partial charge >= 0.3 is 0 Å². The predicted molar refractivity (Wildman–Crippen MR) is 229 cm³/mol. The lowest BCUT2D eigenvalue weighted by atomic mass is 9.72. The van der Waals surface area contributed by atoms with Crippen molar-refractivity contribution >= 4 is 43.6 Å². The zero-order valence-corrected chi connectivity index (χ0v) is 30.7. The fourth-order valence-electron chi connectivity index (χ4n) is 9.46. The van der Waals surface area contributed by atoms with Crippen LogP contribution in [0.3, 0.4) is 0 Å². The molecule has 6 aromatic heterocycles. The molecule has 0 atom stereocenters. The van der Waals surface area contributed by atoms with Gasteiger partial charge in [-0.05, 0) is 112 Å². The first kappa shape index (κ1) is 31.6. The molecule has 11 aromatic rings. The monoisotopic (exact) mass is 728 g/mol. The van der Waals surface area contributed by atoms with Crippen LogP contribution in [-0.2, 0) is 5.41 Å². The molecule has 6 heteroatoms. The molecular weight excluding hydrogens is 697 g/mol. The Labute approximate surface area is 328 Å². The molecule has 0 unspecified atom stereocenters. The molecule has 1 aliphatic carbocycles. The first-order chi connectivity index (χ1) is 28.3. The van der Waals surface area contributed by atoms with Gasteiger partial charge in [0.25, 0.3) is 0 Å². The van der Waals surface area contributed by atoms with Crippen LogP contribution in [0.5, 0.6) is 0 Å². The zero-order valence-electron chi connectivity index (χ0n) is 30.7. The fourth-order valence-corrected chi connectivity index (χ4v) is 9.46. The Kier molecular flexibility index (Phi) is 6.74. The molecule has 0 aliphatic heterocycles. The number of hydrogen-bond donors (Lipinski definition) is 0. The average Bonchev–Trinajstić information content (AvgIpc) is 3.90. The third-order valence-corrected chi connectivity index (χ3v) is 11.9. The van der Waals surface area contributed by atoms with Crippen LogP contribution >= 0.6 is 0 Å². The molecule has 0 radical (unpaired) electrons. The van der Waals surface area contributed by atoms with Gasteiger partial charge in [-0.2, -0.15) is 0 Å². The summed E-state index contributed by atoms with van der Waals surface area (Å²) in [6.07, 6.45) is 11.3. The van der Waals surface area contributed by atoms with Crippen LogP contribution in [0.25, 0.3) is 77.2 Å². The van der Waals surface area contributed by atoms with Crippen LogP contribution in [0.15, 0.2) is 195 Å². The number of nitrogens with zero attached hydrogens (tertiary/aromatic N) is 6. The molecular formula is C51H32N6. The Morgan fingerprint density at radius 2 is 0.912 bits per heavy atom. The lowest BCUT2D eigenvalue weighted by Gasteiger charge is -2.31. The van der Waals surface area contributed by atoms with Crippen molar-refractivity contribution < 1.29 is 0 Å². The second-order valence-corrected chi connectivity index (χ2v) is 14.7. The summed E-state index contributed by atoms with van der Waals surface area (Å²) in [5.74, 6) is 0. The first-order valence-electron chi connectivity index (χ1n) is 19.2. The molecule has 0 spiro atoms. The van der Waals surface area contributed by atoms with Gasteiger partial charge in [0.1, 0.15) is 5.41 Å². The molecule has 0 fully saturated rings. The highest BCUT2D eigenvalue weighted by molar-refractivity contribution is 6.12. The summed E-state index contributed by atoms with van der Waals surface area (Å²) in [4.78, 5) is 18.9. The Bertz CT molecular complexity index is 3240. The quantitative estimate of drug-likeness (QED) is 0.177. The number of benzene rings is 5. The highest BCUT2D eigenvalue weighted by Crippen LogP contribution is 2.56. The standard InChI is InChI=1S/C51H32N6/c1-3-11-43-37(9-1)39-29-40-38-10-2-4-12-45(38)57(48(40)30-44(39)51(43,49-13-5-7-25-54-49)50-14-6-8-26-55-50)36-21-17-34(18-22-36)33-15-19-35(20-16-33)56-46-23-27-52-31-41(46)42-32-53-28-24-47(42)56/h1-32H. The largest absolute Gasteiger partial charge is 0.309 e. The van der Waals surface area contributed by atoms with E-state index in [9.17, 15) is 0 Å². The van der Waals surface area contributed by atoms with Crippen LogP contribution in [0, 0.1) is 0 Å². The molecule has 0 N–H and O–H groups in total. The average molecular weight is 729 g/mol. The van der Waals surface area contributed by atoms with Gasteiger partial charge in [0.15, 0.2) is 0 Å². The minimum absolute atomic E-state index is 0.688. The highest BCUT2D eigenvalue weighted by atomic mass is 15.0. The number of pyridine rings is 4. The molecule has 0 amide bonds. The lowest BCUT2D eigenvalue weighted by Crippen LogP contribution is -2.30. The normalized spacial score (nSPS) is 13.1. The molecule has 1 aliphatic rings. The van der Waals surface area contributed by atoms with Crippen molar-refractivity contribution in [3.05, 3.63) is 217 Å². The van der Waals surface area contributed by atoms with E-state index in [0.717, 1.165) is 61.2 Å². The summed E-state index contributed by atoms with van der Waals surface area (Å²) in [7, 11) is 0. The molecule has 6 heterocycles. The van der Waals surface area contributed by atoms with Crippen LogP contribution in [-0.4, -0.2) is 29.1 Å². The summed E-state index contributed by atoms with van der Waals surface area (Å²) in [6.45, 7) is 0. The van der Waals surface area contributed by atoms with Crippen molar-refractivity contribution in [2.45, 2.75) is 5.41 Å². The smallest absolute Gasteiger partial charge is 0.106 e. The minimum atomic E-state index is -0.688. The zero-order chi connectivity index (χ0) is 37.5. The minimum Gasteiger partial charge on any atom is -0.309 e. The van der Waals surface area contributed by atoms with Crippen LogP contribution in [0.4, 0.5) is 0 Å². The number of fused-ring (bicyclic) bond motifs is 9. The van der Waals surface area contributed by atoms with Gasteiger partial charge in [0, 0.05) is 70.1 Å². The topological polar surface area (TPSA) is 61.4 Å². The third kappa shape index (κ3) is 4.46. The summed E-state index contributed by atoms with van der Waals surface area (Å²) >= 11 is 0. The van der Waals surface area contributed by atoms with Crippen molar-refractivity contribution in [2.24, 2.45) is 0 Å². The maximum Gasteiger partial charge on any atom is 0.106 e. The van der Waals surface area contributed by atoms with E-state index in [0.29, 0.717) is 0 Å². The van der Waals surface area contributed by atoms with E-state index in [-0.39, 0.29) is 0 Å². The van der Waals surface area contributed by atoms with E-state index in [1.54, 1.807) is 0 Å². The number of para-hydroxylation sites is 1. The fraction of sp³-hybridized carbons (Fsp3) is 0.0196. The molecule has 12 rings (SSSR count). The van der Waals surface area contributed by atoms with Crippen molar-refractivity contribution in [3.8, 4) is 33.6 Å². The molecule has 57 heavy (non-hydrogen) atoms. The van der Waals surface area contributed by atoms with E-state index in [2.05, 4.69) is 165 Å². The molecule has 6 nitrogen and oxygen atoms in total. The molecule has 266 valence electrons. The van der Waals surface area contributed by atoms with Crippen LogP contribution < -0.4 is 0 Å². The summed E-state index contributed by atoms with van der Waals surface area (Å²) in [6, 6.07) is 56.6. The van der Waals surface area contributed by atoms with E-state index in [4.69, 9.17) is 9.97 Å². The van der Waals surface area contributed by atoms with Gasteiger partial charge in [-0.1, -0.05) is 78.9 Å². The predicted octanol–water partition coefficient (Wildman–Crippen LogP) is 11.5. The Balaban J connectivity index is 1.01. The summed E-state index contributed by atoms with van der Waals surface area (Å²) < 4.78 is 4.70. The maximum absolute atomic E-state index is 5.04. The molecule has 0 saturated carbocycles. The van der Waals surface area contributed by atoms with Gasteiger partial charge in [0.05, 0.1) is 33.5 Å². The Hall–Kier alpha value is -7.70. The van der Waals surface area contributed by atoms with Crippen molar-refractivity contribution in [2.75, 3.05) is 0 Å². The lowest BCUT2D eigenvalue weighted by molar-refractivity contribution is 0.706. The molecule has 5 aromatic carbocycles. The number of rotatable bonds is 5. The van der Waals surface area contributed by atoms with Gasteiger partial charge in [-0.15, -0.1) is 0 Å².